The first-order valence-electron chi connectivity index (χ1n) is 7.81. The molecule has 0 atom stereocenters. The quantitative estimate of drug-likeness (QED) is 0.712. The zero-order chi connectivity index (χ0) is 18.6. The SMILES string of the molecule is CC(C)c1[nH]c(=O)ccc1C(=O)NCCc1ccc(S(N)(=O)=O)cc1. The number of rotatable bonds is 6. The third kappa shape index (κ3) is 5.01. The molecule has 0 fully saturated rings. The minimum Gasteiger partial charge on any atom is -0.352 e. The molecule has 1 heterocycles. The Morgan fingerprint density at radius 3 is 2.36 bits per heavy atom. The van der Waals surface area contributed by atoms with Crippen LogP contribution in [-0.2, 0) is 16.4 Å². The summed E-state index contributed by atoms with van der Waals surface area (Å²) in [6, 6.07) is 9.03. The van der Waals surface area contributed by atoms with Gasteiger partial charge in [-0.1, -0.05) is 26.0 Å². The fraction of sp³-hybridized carbons (Fsp3) is 0.294. The molecule has 25 heavy (non-hydrogen) atoms. The molecule has 4 N–H and O–H groups in total. The molecule has 0 saturated heterocycles. The van der Waals surface area contributed by atoms with Crippen molar-refractivity contribution in [1.82, 2.24) is 10.3 Å². The summed E-state index contributed by atoms with van der Waals surface area (Å²) in [5.41, 5.74) is 1.68. The fourth-order valence-electron chi connectivity index (χ4n) is 2.41. The van der Waals surface area contributed by atoms with Crippen molar-refractivity contribution in [3.05, 3.63) is 63.6 Å². The number of benzene rings is 1. The maximum atomic E-state index is 12.3. The second-order valence-electron chi connectivity index (χ2n) is 6.00. The number of carbonyl (C=O) groups excluding carboxylic acids is 1. The normalized spacial score (nSPS) is 11.5. The zero-order valence-electron chi connectivity index (χ0n) is 14.1. The van der Waals surface area contributed by atoms with Crippen LogP contribution in [0, 0.1) is 0 Å². The Kier molecular flexibility index (Phi) is 5.76. The van der Waals surface area contributed by atoms with Crippen molar-refractivity contribution in [3.63, 3.8) is 0 Å². The average Bonchev–Trinajstić information content (AvgIpc) is 2.54. The van der Waals surface area contributed by atoms with Crippen LogP contribution in [-0.4, -0.2) is 25.9 Å². The summed E-state index contributed by atoms with van der Waals surface area (Å²) < 4.78 is 22.4. The molecule has 8 heteroatoms. The molecule has 0 aliphatic carbocycles. The highest BCUT2D eigenvalue weighted by Crippen LogP contribution is 2.15. The van der Waals surface area contributed by atoms with E-state index in [1.54, 1.807) is 12.1 Å². The minimum absolute atomic E-state index is 0.0143. The molecule has 0 aliphatic rings. The van der Waals surface area contributed by atoms with Gasteiger partial charge in [0.15, 0.2) is 0 Å². The van der Waals surface area contributed by atoms with E-state index in [1.807, 2.05) is 13.8 Å². The summed E-state index contributed by atoms with van der Waals surface area (Å²) in [4.78, 5) is 26.5. The van der Waals surface area contributed by atoms with Gasteiger partial charge in [-0.15, -0.1) is 0 Å². The van der Waals surface area contributed by atoms with Gasteiger partial charge < -0.3 is 10.3 Å². The number of primary sulfonamides is 1. The van der Waals surface area contributed by atoms with Gasteiger partial charge in [-0.3, -0.25) is 9.59 Å². The van der Waals surface area contributed by atoms with Crippen molar-refractivity contribution < 1.29 is 13.2 Å². The zero-order valence-corrected chi connectivity index (χ0v) is 14.9. The lowest BCUT2D eigenvalue weighted by atomic mass is 10.0. The molecule has 2 aromatic rings. The number of carbonyl (C=O) groups is 1. The number of hydrogen-bond donors (Lipinski definition) is 3. The van der Waals surface area contributed by atoms with Gasteiger partial charge in [-0.25, -0.2) is 13.6 Å². The van der Waals surface area contributed by atoms with Crippen molar-refractivity contribution in [3.8, 4) is 0 Å². The first kappa shape index (κ1) is 18.9. The predicted octanol–water partition coefficient (Wildman–Crippen LogP) is 1.12. The molecule has 7 nitrogen and oxygen atoms in total. The molecule has 1 aromatic heterocycles. The van der Waals surface area contributed by atoms with Crippen LogP contribution in [0.25, 0.3) is 0 Å². The second-order valence-corrected chi connectivity index (χ2v) is 7.56. The first-order valence-corrected chi connectivity index (χ1v) is 9.36. The van der Waals surface area contributed by atoms with Crippen molar-refractivity contribution in [2.75, 3.05) is 6.54 Å². The van der Waals surface area contributed by atoms with E-state index >= 15 is 0 Å². The molecule has 0 aliphatic heterocycles. The molecule has 2 rings (SSSR count). The van der Waals surface area contributed by atoms with Crippen molar-refractivity contribution in [2.45, 2.75) is 31.1 Å². The Bertz CT molecular complexity index is 916. The van der Waals surface area contributed by atoms with E-state index in [-0.39, 0.29) is 22.3 Å². The van der Waals surface area contributed by atoms with Crippen LogP contribution in [0.3, 0.4) is 0 Å². The van der Waals surface area contributed by atoms with Gasteiger partial charge in [-0.2, -0.15) is 0 Å². The summed E-state index contributed by atoms with van der Waals surface area (Å²) in [6.45, 7) is 4.18. The lowest BCUT2D eigenvalue weighted by Gasteiger charge is -2.12. The number of aromatic amines is 1. The molecular formula is C17H21N3O4S. The van der Waals surface area contributed by atoms with Gasteiger partial charge in [0.05, 0.1) is 10.5 Å². The Hall–Kier alpha value is -2.45. The maximum Gasteiger partial charge on any atom is 0.253 e. The maximum absolute atomic E-state index is 12.3. The molecule has 0 radical (unpaired) electrons. The van der Waals surface area contributed by atoms with Gasteiger partial charge in [0, 0.05) is 18.3 Å². The van der Waals surface area contributed by atoms with Crippen LogP contribution < -0.4 is 16.0 Å². The summed E-state index contributed by atoms with van der Waals surface area (Å²) in [5, 5.41) is 7.85. The van der Waals surface area contributed by atoms with E-state index < -0.39 is 10.0 Å². The smallest absolute Gasteiger partial charge is 0.253 e. The highest BCUT2D eigenvalue weighted by Gasteiger charge is 2.14. The Morgan fingerprint density at radius 2 is 1.80 bits per heavy atom. The van der Waals surface area contributed by atoms with Crippen LogP contribution in [0.1, 0.15) is 41.4 Å². The van der Waals surface area contributed by atoms with E-state index in [2.05, 4.69) is 10.3 Å². The third-order valence-electron chi connectivity index (χ3n) is 3.72. The number of nitrogens with one attached hydrogen (secondary N) is 2. The van der Waals surface area contributed by atoms with Gasteiger partial charge in [-0.05, 0) is 36.1 Å². The largest absolute Gasteiger partial charge is 0.352 e. The molecular weight excluding hydrogens is 342 g/mol. The van der Waals surface area contributed by atoms with Crippen LogP contribution >= 0.6 is 0 Å². The second kappa shape index (κ2) is 7.62. The van der Waals surface area contributed by atoms with Gasteiger partial charge in [0.25, 0.3) is 5.91 Å². The van der Waals surface area contributed by atoms with Crippen molar-refractivity contribution in [2.24, 2.45) is 5.14 Å². The van der Waals surface area contributed by atoms with E-state index in [0.29, 0.717) is 24.2 Å². The number of H-pyrrole nitrogens is 1. The van der Waals surface area contributed by atoms with E-state index in [1.165, 1.54) is 24.3 Å². The molecule has 0 saturated carbocycles. The molecule has 0 unspecified atom stereocenters. The number of pyridine rings is 1. The highest BCUT2D eigenvalue weighted by molar-refractivity contribution is 7.89. The summed E-state index contributed by atoms with van der Waals surface area (Å²) in [7, 11) is -3.70. The summed E-state index contributed by atoms with van der Waals surface area (Å²) in [6.07, 6.45) is 0.539. The molecule has 1 amide bonds. The van der Waals surface area contributed by atoms with Gasteiger partial charge >= 0.3 is 0 Å². The summed E-state index contributed by atoms with van der Waals surface area (Å²) in [5.74, 6) is -0.249. The fourth-order valence-corrected chi connectivity index (χ4v) is 2.92. The van der Waals surface area contributed by atoms with E-state index in [9.17, 15) is 18.0 Å². The van der Waals surface area contributed by atoms with Crippen LogP contribution in [0.4, 0.5) is 0 Å². The number of nitrogens with two attached hydrogens (primary N) is 1. The Morgan fingerprint density at radius 1 is 1.16 bits per heavy atom. The number of amides is 1. The third-order valence-corrected chi connectivity index (χ3v) is 4.65. The van der Waals surface area contributed by atoms with Crippen molar-refractivity contribution in [1.29, 1.82) is 0 Å². The number of sulfonamides is 1. The van der Waals surface area contributed by atoms with Crippen LogP contribution in [0.2, 0.25) is 0 Å². The molecule has 134 valence electrons. The van der Waals surface area contributed by atoms with Crippen LogP contribution in [0.5, 0.6) is 0 Å². The molecule has 0 bridgehead atoms. The van der Waals surface area contributed by atoms with E-state index in [4.69, 9.17) is 5.14 Å². The Balaban J connectivity index is 2.00. The standard InChI is InChI=1S/C17H21N3O4S/c1-11(2)16-14(7-8-15(21)20-16)17(22)19-10-9-12-3-5-13(6-4-12)25(18,23)24/h3-8,11H,9-10H2,1-2H3,(H,19,22)(H,20,21)(H2,18,23,24). The van der Waals surface area contributed by atoms with Gasteiger partial charge in [0.2, 0.25) is 15.6 Å². The molecule has 1 aromatic carbocycles. The lowest BCUT2D eigenvalue weighted by molar-refractivity contribution is 0.0952. The summed E-state index contributed by atoms with van der Waals surface area (Å²) >= 11 is 0. The number of hydrogen-bond acceptors (Lipinski definition) is 4. The molecule has 0 spiro atoms. The minimum atomic E-state index is -3.70. The average molecular weight is 363 g/mol. The lowest BCUT2D eigenvalue weighted by Crippen LogP contribution is -2.28. The van der Waals surface area contributed by atoms with Gasteiger partial charge in [0.1, 0.15) is 0 Å². The first-order chi connectivity index (χ1) is 11.7. The van der Waals surface area contributed by atoms with Crippen molar-refractivity contribution >= 4 is 15.9 Å². The predicted molar refractivity (Wildman–Crippen MR) is 95.0 cm³/mol. The monoisotopic (exact) mass is 363 g/mol. The highest BCUT2D eigenvalue weighted by atomic mass is 32.2. The van der Waals surface area contributed by atoms with Crippen LogP contribution in [0.15, 0.2) is 46.1 Å². The Labute approximate surface area is 146 Å². The van der Waals surface area contributed by atoms with E-state index in [0.717, 1.165) is 5.56 Å². The topological polar surface area (TPSA) is 122 Å². The number of aromatic nitrogens is 1.